The molecule has 0 aliphatic rings. The Kier molecular flexibility index (Phi) is 11.5. The lowest BCUT2D eigenvalue weighted by molar-refractivity contribution is -0.120. The molecule has 2 aromatic carbocycles. The smallest absolute Gasteiger partial charge is 0.237 e. The molecule has 152 valence electrons. The predicted octanol–water partition coefficient (Wildman–Crippen LogP) is 7.17. The van der Waals surface area contributed by atoms with E-state index in [2.05, 4.69) is 24.4 Å². The Balaban J connectivity index is 1.72. The van der Waals surface area contributed by atoms with Gasteiger partial charge in [0.15, 0.2) is 0 Å². The van der Waals surface area contributed by atoms with E-state index in [4.69, 9.17) is 0 Å². The molecule has 28 heavy (non-hydrogen) atoms. The van der Waals surface area contributed by atoms with Crippen molar-refractivity contribution >= 4 is 17.7 Å². The number of nitrogens with one attached hydrogen (secondary N) is 1. The first-order valence-electron chi connectivity index (χ1n) is 10.9. The van der Waals surface area contributed by atoms with Crippen molar-refractivity contribution in [2.24, 2.45) is 0 Å². The molecule has 0 radical (unpaired) electrons. The average molecular weight is 398 g/mol. The number of carbonyl (C=O) groups is 1. The van der Waals surface area contributed by atoms with Crippen molar-refractivity contribution in [2.75, 3.05) is 6.54 Å². The number of unbranched alkanes of at least 4 members (excludes halogenated alkanes) is 8. The molecular formula is C25H35NOS. The fourth-order valence-electron chi connectivity index (χ4n) is 3.28. The molecule has 0 fully saturated rings. The summed E-state index contributed by atoms with van der Waals surface area (Å²) in [4.78, 5) is 14.0. The highest BCUT2D eigenvalue weighted by Crippen LogP contribution is 2.35. The molecule has 2 nitrogen and oxygen atoms in total. The Morgan fingerprint density at radius 1 is 0.786 bits per heavy atom. The average Bonchev–Trinajstić information content (AvgIpc) is 2.74. The summed E-state index contributed by atoms with van der Waals surface area (Å²) in [7, 11) is 0. The summed E-state index contributed by atoms with van der Waals surface area (Å²) in [5.41, 5.74) is 1.06. The second-order valence-corrected chi connectivity index (χ2v) is 8.52. The van der Waals surface area contributed by atoms with Crippen molar-refractivity contribution in [2.45, 2.75) is 74.9 Å². The lowest BCUT2D eigenvalue weighted by atomic mass is 10.1. The predicted molar refractivity (Wildman–Crippen MR) is 122 cm³/mol. The van der Waals surface area contributed by atoms with Crippen molar-refractivity contribution in [1.82, 2.24) is 5.32 Å². The first kappa shape index (κ1) is 22.5. The summed E-state index contributed by atoms with van der Waals surface area (Å²) < 4.78 is 0. The minimum Gasteiger partial charge on any atom is -0.355 e. The zero-order valence-electron chi connectivity index (χ0n) is 17.2. The third-order valence-corrected chi connectivity index (χ3v) is 6.18. The Hall–Kier alpha value is -1.74. The zero-order chi connectivity index (χ0) is 19.9. The molecule has 1 unspecified atom stereocenters. The number of carbonyl (C=O) groups excluding carboxylic acids is 1. The van der Waals surface area contributed by atoms with Crippen LogP contribution in [-0.2, 0) is 4.79 Å². The third-order valence-electron chi connectivity index (χ3n) is 4.92. The molecule has 0 aromatic heterocycles. The normalized spacial score (nSPS) is 11.9. The van der Waals surface area contributed by atoms with Crippen LogP contribution in [0.5, 0.6) is 0 Å². The maximum absolute atomic E-state index is 12.9. The van der Waals surface area contributed by atoms with Gasteiger partial charge in [-0.2, -0.15) is 0 Å². The number of thioether (sulfide) groups is 1. The van der Waals surface area contributed by atoms with E-state index in [0.29, 0.717) is 0 Å². The van der Waals surface area contributed by atoms with Crippen LogP contribution in [0.15, 0.2) is 65.6 Å². The Bertz CT molecular complexity index is 644. The summed E-state index contributed by atoms with van der Waals surface area (Å²) >= 11 is 1.62. The molecular weight excluding hydrogens is 362 g/mol. The van der Waals surface area contributed by atoms with Crippen molar-refractivity contribution in [1.29, 1.82) is 0 Å². The van der Waals surface area contributed by atoms with Crippen LogP contribution in [0.2, 0.25) is 0 Å². The van der Waals surface area contributed by atoms with E-state index >= 15 is 0 Å². The monoisotopic (exact) mass is 397 g/mol. The number of rotatable bonds is 14. The molecule has 2 rings (SSSR count). The van der Waals surface area contributed by atoms with Crippen LogP contribution in [0.4, 0.5) is 0 Å². The molecule has 2 aromatic rings. The zero-order valence-corrected chi connectivity index (χ0v) is 18.1. The number of hydrogen-bond donors (Lipinski definition) is 1. The van der Waals surface area contributed by atoms with Crippen LogP contribution in [0.25, 0.3) is 0 Å². The molecule has 1 N–H and O–H groups in total. The molecule has 0 heterocycles. The fraction of sp³-hybridized carbons (Fsp3) is 0.480. The summed E-state index contributed by atoms with van der Waals surface area (Å²) in [5, 5.41) is 2.95. The lowest BCUT2D eigenvalue weighted by Crippen LogP contribution is -2.28. The van der Waals surface area contributed by atoms with E-state index < -0.39 is 0 Å². The SMILES string of the molecule is CCCCCCCCCCCNC(=O)C(Sc1ccccc1)c1ccccc1. The molecule has 0 saturated heterocycles. The van der Waals surface area contributed by atoms with Crippen molar-refractivity contribution in [3.8, 4) is 0 Å². The van der Waals surface area contributed by atoms with Gasteiger partial charge in [0.05, 0.1) is 0 Å². The summed E-state index contributed by atoms with van der Waals surface area (Å²) in [6, 6.07) is 20.2. The molecule has 1 amide bonds. The highest BCUT2D eigenvalue weighted by atomic mass is 32.2. The first-order valence-corrected chi connectivity index (χ1v) is 11.7. The highest BCUT2D eigenvalue weighted by Gasteiger charge is 2.21. The van der Waals surface area contributed by atoms with E-state index in [9.17, 15) is 4.79 Å². The maximum atomic E-state index is 12.9. The van der Waals surface area contributed by atoms with Gasteiger partial charge in [0.2, 0.25) is 5.91 Å². The van der Waals surface area contributed by atoms with Crippen LogP contribution < -0.4 is 5.32 Å². The second kappa shape index (κ2) is 14.3. The summed E-state index contributed by atoms with van der Waals surface area (Å²) in [6.07, 6.45) is 11.7. The molecule has 3 heteroatoms. The van der Waals surface area contributed by atoms with Gasteiger partial charge in [-0.15, -0.1) is 11.8 Å². The van der Waals surface area contributed by atoms with Gasteiger partial charge in [-0.25, -0.2) is 0 Å². The lowest BCUT2D eigenvalue weighted by Gasteiger charge is -2.17. The second-order valence-electron chi connectivity index (χ2n) is 7.34. The quantitative estimate of drug-likeness (QED) is 0.270. The van der Waals surface area contributed by atoms with E-state index in [1.807, 2.05) is 48.5 Å². The van der Waals surface area contributed by atoms with Crippen LogP contribution >= 0.6 is 11.8 Å². The van der Waals surface area contributed by atoms with Gasteiger partial charge in [-0.1, -0.05) is 107 Å². The fourth-order valence-corrected chi connectivity index (χ4v) is 4.35. The standard InChI is InChI=1S/C25H35NOS/c1-2-3-4-5-6-7-8-9-16-21-26-25(27)24(22-17-12-10-13-18-22)28-23-19-14-11-15-20-23/h10-15,17-20,24H,2-9,16,21H2,1H3,(H,26,27). The number of benzene rings is 2. The first-order chi connectivity index (χ1) is 13.8. The van der Waals surface area contributed by atoms with Gasteiger partial charge in [0.25, 0.3) is 0 Å². The number of amides is 1. The molecule has 0 bridgehead atoms. The molecule has 0 aliphatic carbocycles. The third kappa shape index (κ3) is 8.97. The number of hydrogen-bond acceptors (Lipinski definition) is 2. The minimum atomic E-state index is -0.206. The van der Waals surface area contributed by atoms with Gasteiger partial charge in [-0.3, -0.25) is 4.79 Å². The Morgan fingerprint density at radius 3 is 1.93 bits per heavy atom. The Morgan fingerprint density at radius 2 is 1.32 bits per heavy atom. The van der Waals surface area contributed by atoms with Gasteiger partial charge in [0, 0.05) is 11.4 Å². The summed E-state index contributed by atoms with van der Waals surface area (Å²) in [5.74, 6) is 0.111. The molecule has 0 saturated carbocycles. The van der Waals surface area contributed by atoms with Crippen LogP contribution in [0.3, 0.4) is 0 Å². The summed E-state index contributed by atoms with van der Waals surface area (Å²) in [6.45, 7) is 3.03. The van der Waals surface area contributed by atoms with Crippen molar-refractivity contribution in [3.63, 3.8) is 0 Å². The maximum Gasteiger partial charge on any atom is 0.237 e. The van der Waals surface area contributed by atoms with E-state index in [1.54, 1.807) is 11.8 Å². The van der Waals surface area contributed by atoms with Crippen LogP contribution in [-0.4, -0.2) is 12.5 Å². The van der Waals surface area contributed by atoms with Crippen molar-refractivity contribution < 1.29 is 4.79 Å². The topological polar surface area (TPSA) is 29.1 Å². The van der Waals surface area contributed by atoms with Crippen LogP contribution in [0, 0.1) is 0 Å². The van der Waals surface area contributed by atoms with Gasteiger partial charge < -0.3 is 5.32 Å². The molecule has 1 atom stereocenters. The van der Waals surface area contributed by atoms with Crippen LogP contribution in [0.1, 0.15) is 75.5 Å². The minimum absolute atomic E-state index is 0.111. The van der Waals surface area contributed by atoms with E-state index in [1.165, 1.54) is 51.4 Å². The Labute approximate surface area is 175 Å². The van der Waals surface area contributed by atoms with Gasteiger partial charge >= 0.3 is 0 Å². The largest absolute Gasteiger partial charge is 0.355 e. The molecule has 0 spiro atoms. The van der Waals surface area contributed by atoms with Gasteiger partial charge in [-0.05, 0) is 24.1 Å². The van der Waals surface area contributed by atoms with E-state index in [0.717, 1.165) is 23.4 Å². The van der Waals surface area contributed by atoms with Gasteiger partial charge in [0.1, 0.15) is 5.25 Å². The molecule has 0 aliphatic heterocycles. The van der Waals surface area contributed by atoms with E-state index in [-0.39, 0.29) is 11.2 Å². The van der Waals surface area contributed by atoms with Crippen molar-refractivity contribution in [3.05, 3.63) is 66.2 Å². The highest BCUT2D eigenvalue weighted by molar-refractivity contribution is 8.00.